The van der Waals surface area contributed by atoms with Crippen molar-refractivity contribution in [1.29, 1.82) is 0 Å². The third kappa shape index (κ3) is 2.44. The maximum atomic E-state index is 6.03. The summed E-state index contributed by atoms with van der Waals surface area (Å²) in [5, 5.41) is 14.1. The Bertz CT molecular complexity index is 1070. The van der Waals surface area contributed by atoms with Gasteiger partial charge in [-0.05, 0) is 25.1 Å². The second-order valence-corrected chi connectivity index (χ2v) is 6.85. The van der Waals surface area contributed by atoms with Crippen molar-refractivity contribution >= 4 is 16.3 Å². The Kier molecular flexibility index (Phi) is 3.21. The van der Waals surface area contributed by atoms with Gasteiger partial charge < -0.3 is 9.47 Å². The van der Waals surface area contributed by atoms with E-state index in [-0.39, 0.29) is 6.10 Å². The second kappa shape index (κ2) is 5.56. The lowest BCUT2D eigenvalue weighted by Crippen LogP contribution is -2.23. The number of para-hydroxylation sites is 2. The van der Waals surface area contributed by atoms with Crippen LogP contribution >= 0.6 is 11.3 Å². The zero-order valence-electron chi connectivity index (χ0n) is 13.4. The van der Waals surface area contributed by atoms with Gasteiger partial charge in [-0.1, -0.05) is 47.2 Å². The molecule has 0 saturated heterocycles. The molecule has 0 fully saturated rings. The lowest BCUT2D eigenvalue weighted by atomic mass is 10.1. The molecule has 1 aliphatic heterocycles. The number of rotatable bonds is 2. The van der Waals surface area contributed by atoms with Crippen molar-refractivity contribution in [3.63, 3.8) is 0 Å². The molecule has 0 N–H and O–H groups in total. The first-order chi connectivity index (χ1) is 12.3. The normalized spacial score (nSPS) is 16.3. The van der Waals surface area contributed by atoms with Gasteiger partial charge in [0.1, 0.15) is 11.6 Å². The quantitative estimate of drug-likeness (QED) is 0.552. The molecule has 0 spiro atoms. The molecule has 0 bridgehead atoms. The van der Waals surface area contributed by atoms with Crippen LogP contribution in [0.3, 0.4) is 0 Å². The van der Waals surface area contributed by atoms with E-state index in [1.807, 2.05) is 30.3 Å². The van der Waals surface area contributed by atoms with Crippen LogP contribution in [0.5, 0.6) is 11.5 Å². The number of benzene rings is 2. The number of aryl methyl sites for hydroxylation is 1. The first kappa shape index (κ1) is 14.4. The Hall–Kier alpha value is -2.93. The molecule has 1 aliphatic rings. The van der Waals surface area contributed by atoms with Crippen molar-refractivity contribution < 1.29 is 9.47 Å². The molecule has 0 radical (unpaired) electrons. The summed E-state index contributed by atoms with van der Waals surface area (Å²) in [5.41, 5.74) is 2.27. The minimum absolute atomic E-state index is 0.336. The number of fused-ring (bicyclic) bond motifs is 2. The Labute approximate surface area is 147 Å². The van der Waals surface area contributed by atoms with Crippen molar-refractivity contribution in [3.05, 3.63) is 59.9 Å². The molecule has 0 saturated carbocycles. The summed E-state index contributed by atoms with van der Waals surface area (Å²) in [6.07, 6.45) is -0.336. The molecule has 4 aromatic rings. The fraction of sp³-hybridized carbons (Fsp3) is 0.167. The van der Waals surface area contributed by atoms with Gasteiger partial charge in [-0.15, -0.1) is 10.2 Å². The van der Waals surface area contributed by atoms with Crippen molar-refractivity contribution in [2.24, 2.45) is 0 Å². The van der Waals surface area contributed by atoms with Crippen LogP contribution in [0.15, 0.2) is 48.5 Å². The number of aromatic nitrogens is 4. The van der Waals surface area contributed by atoms with Gasteiger partial charge in [0.2, 0.25) is 4.96 Å². The Morgan fingerprint density at radius 2 is 1.96 bits per heavy atom. The largest absolute Gasteiger partial charge is 0.485 e. The molecule has 5 rings (SSSR count). The predicted molar refractivity (Wildman–Crippen MR) is 94.1 cm³/mol. The highest BCUT2D eigenvalue weighted by Gasteiger charge is 2.28. The van der Waals surface area contributed by atoms with Crippen LogP contribution in [0.4, 0.5) is 0 Å². The van der Waals surface area contributed by atoms with E-state index in [1.165, 1.54) is 16.9 Å². The first-order valence-corrected chi connectivity index (χ1v) is 8.77. The van der Waals surface area contributed by atoms with Gasteiger partial charge >= 0.3 is 0 Å². The lowest BCUT2D eigenvalue weighted by molar-refractivity contribution is 0.0836. The molecule has 0 aliphatic carbocycles. The second-order valence-electron chi connectivity index (χ2n) is 5.89. The van der Waals surface area contributed by atoms with E-state index in [0.717, 1.165) is 21.3 Å². The van der Waals surface area contributed by atoms with E-state index < -0.39 is 0 Å². The number of hydrogen-bond donors (Lipinski definition) is 0. The minimum atomic E-state index is -0.336. The van der Waals surface area contributed by atoms with Crippen molar-refractivity contribution in [2.45, 2.75) is 13.0 Å². The minimum Gasteiger partial charge on any atom is -0.485 e. The maximum absolute atomic E-state index is 6.03. The zero-order valence-corrected chi connectivity index (χ0v) is 14.2. The molecule has 0 unspecified atom stereocenters. The molecular formula is C18H14N4O2S. The summed E-state index contributed by atoms with van der Waals surface area (Å²) in [7, 11) is 0. The van der Waals surface area contributed by atoms with Gasteiger partial charge in [-0.3, -0.25) is 0 Å². The molecule has 1 atom stereocenters. The SMILES string of the molecule is Cc1cccc(-c2nn3c([C@@H]4COc5ccccc5O4)nnc3s2)c1. The highest BCUT2D eigenvalue weighted by Crippen LogP contribution is 2.36. The molecule has 2 aromatic carbocycles. The Balaban J connectivity index is 1.53. The van der Waals surface area contributed by atoms with Crippen molar-refractivity contribution in [2.75, 3.05) is 6.61 Å². The third-order valence-electron chi connectivity index (χ3n) is 4.08. The van der Waals surface area contributed by atoms with E-state index in [9.17, 15) is 0 Å². The first-order valence-electron chi connectivity index (χ1n) is 7.95. The molecule has 2 aromatic heterocycles. The fourth-order valence-corrected chi connectivity index (χ4v) is 3.72. The number of ether oxygens (including phenoxy) is 2. The topological polar surface area (TPSA) is 61.5 Å². The van der Waals surface area contributed by atoms with Crippen LogP contribution in [0.25, 0.3) is 15.5 Å². The highest BCUT2D eigenvalue weighted by atomic mass is 32.1. The maximum Gasteiger partial charge on any atom is 0.235 e. The van der Waals surface area contributed by atoms with Gasteiger partial charge in [-0.2, -0.15) is 9.61 Å². The summed E-state index contributed by atoms with van der Waals surface area (Å²) >= 11 is 1.51. The van der Waals surface area contributed by atoms with Gasteiger partial charge in [0.15, 0.2) is 23.4 Å². The summed E-state index contributed by atoms with van der Waals surface area (Å²) in [6.45, 7) is 2.45. The van der Waals surface area contributed by atoms with Gasteiger partial charge in [-0.25, -0.2) is 0 Å². The number of nitrogens with zero attached hydrogens (tertiary/aromatic N) is 4. The summed E-state index contributed by atoms with van der Waals surface area (Å²) in [5.74, 6) is 2.11. The van der Waals surface area contributed by atoms with E-state index in [2.05, 4.69) is 40.4 Å². The average molecular weight is 350 g/mol. The molecule has 124 valence electrons. The number of hydrogen-bond acceptors (Lipinski definition) is 6. The Morgan fingerprint density at radius 3 is 2.84 bits per heavy atom. The summed E-state index contributed by atoms with van der Waals surface area (Å²) in [4.78, 5) is 0.744. The van der Waals surface area contributed by atoms with Crippen LogP contribution in [0, 0.1) is 6.92 Å². The average Bonchev–Trinajstić information content (AvgIpc) is 3.22. The van der Waals surface area contributed by atoms with Gasteiger partial charge in [0, 0.05) is 5.56 Å². The smallest absolute Gasteiger partial charge is 0.235 e. The van der Waals surface area contributed by atoms with Crippen LogP contribution < -0.4 is 9.47 Å². The molecule has 25 heavy (non-hydrogen) atoms. The van der Waals surface area contributed by atoms with Crippen LogP contribution in [0.1, 0.15) is 17.5 Å². The zero-order chi connectivity index (χ0) is 16.8. The van der Waals surface area contributed by atoms with Crippen LogP contribution in [-0.2, 0) is 0 Å². The van der Waals surface area contributed by atoms with Crippen molar-refractivity contribution in [3.8, 4) is 22.1 Å². The summed E-state index contributed by atoms with van der Waals surface area (Å²) < 4.78 is 13.6. The van der Waals surface area contributed by atoms with E-state index >= 15 is 0 Å². The fourth-order valence-electron chi connectivity index (χ4n) is 2.87. The molecule has 0 amide bonds. The standard InChI is InChI=1S/C18H14N4O2S/c1-11-5-4-6-12(9-11)17-21-22-16(19-20-18(22)25-17)15-10-23-13-7-2-3-8-14(13)24-15/h2-9,15H,10H2,1H3/t15-/m0/s1. The van der Waals surface area contributed by atoms with Crippen LogP contribution in [-0.4, -0.2) is 26.4 Å². The summed E-state index contributed by atoms with van der Waals surface area (Å²) in [6, 6.07) is 15.9. The van der Waals surface area contributed by atoms with Gasteiger partial charge in [0.25, 0.3) is 0 Å². The Morgan fingerprint density at radius 1 is 1.08 bits per heavy atom. The van der Waals surface area contributed by atoms with Crippen molar-refractivity contribution in [1.82, 2.24) is 19.8 Å². The molecule has 6 nitrogen and oxygen atoms in total. The predicted octanol–water partition coefficient (Wildman–Crippen LogP) is 3.67. The van der Waals surface area contributed by atoms with E-state index in [4.69, 9.17) is 9.47 Å². The van der Waals surface area contributed by atoms with Crippen LogP contribution in [0.2, 0.25) is 0 Å². The molecular weight excluding hydrogens is 336 g/mol. The lowest BCUT2D eigenvalue weighted by Gasteiger charge is -2.24. The van der Waals surface area contributed by atoms with Gasteiger partial charge in [0.05, 0.1) is 0 Å². The molecule has 3 heterocycles. The van der Waals surface area contributed by atoms with E-state index in [1.54, 1.807) is 4.52 Å². The van der Waals surface area contributed by atoms with E-state index in [0.29, 0.717) is 18.2 Å². The molecule has 7 heteroatoms. The third-order valence-corrected chi connectivity index (χ3v) is 5.02. The monoisotopic (exact) mass is 350 g/mol. The highest BCUT2D eigenvalue weighted by molar-refractivity contribution is 7.19.